The minimum Gasteiger partial charge on any atom is -0.351 e. The SMILES string of the molecule is C=CC(=O)NCCn1ccc(C2CC2)n1. The number of aromatic nitrogens is 2. The monoisotopic (exact) mass is 205 g/mol. The topological polar surface area (TPSA) is 46.9 Å². The maximum absolute atomic E-state index is 10.9. The van der Waals surface area contributed by atoms with Gasteiger partial charge in [0, 0.05) is 18.7 Å². The van der Waals surface area contributed by atoms with Gasteiger partial charge < -0.3 is 5.32 Å². The summed E-state index contributed by atoms with van der Waals surface area (Å²) in [4.78, 5) is 10.9. The number of carbonyl (C=O) groups is 1. The van der Waals surface area contributed by atoms with E-state index in [9.17, 15) is 4.79 Å². The molecule has 1 amide bonds. The van der Waals surface area contributed by atoms with Crippen molar-refractivity contribution >= 4 is 5.91 Å². The van der Waals surface area contributed by atoms with Gasteiger partial charge in [0.2, 0.25) is 5.91 Å². The molecule has 1 aliphatic rings. The second-order valence-corrected chi connectivity index (χ2v) is 3.77. The van der Waals surface area contributed by atoms with Crippen LogP contribution in [0.2, 0.25) is 0 Å². The Morgan fingerprint density at radius 1 is 1.73 bits per heavy atom. The van der Waals surface area contributed by atoms with Crippen LogP contribution in [-0.2, 0) is 11.3 Å². The fraction of sp³-hybridized carbons (Fsp3) is 0.455. The highest BCUT2D eigenvalue weighted by Gasteiger charge is 2.25. The van der Waals surface area contributed by atoms with Crippen LogP contribution in [0.25, 0.3) is 0 Å². The molecular weight excluding hydrogens is 190 g/mol. The van der Waals surface area contributed by atoms with Crippen molar-refractivity contribution in [1.29, 1.82) is 0 Å². The van der Waals surface area contributed by atoms with Gasteiger partial charge in [-0.15, -0.1) is 0 Å². The van der Waals surface area contributed by atoms with Crippen molar-refractivity contribution in [3.63, 3.8) is 0 Å². The zero-order valence-corrected chi connectivity index (χ0v) is 8.65. The average molecular weight is 205 g/mol. The highest BCUT2D eigenvalue weighted by Crippen LogP contribution is 2.38. The molecular formula is C11H15N3O. The third-order valence-corrected chi connectivity index (χ3v) is 2.48. The minimum absolute atomic E-state index is 0.135. The molecule has 1 saturated carbocycles. The van der Waals surface area contributed by atoms with Crippen molar-refractivity contribution in [2.24, 2.45) is 0 Å². The Labute approximate surface area is 89.0 Å². The Morgan fingerprint density at radius 2 is 2.53 bits per heavy atom. The highest BCUT2D eigenvalue weighted by molar-refractivity contribution is 5.86. The van der Waals surface area contributed by atoms with E-state index in [0.717, 1.165) is 0 Å². The number of nitrogens with one attached hydrogen (secondary N) is 1. The zero-order valence-electron chi connectivity index (χ0n) is 8.65. The molecule has 0 saturated heterocycles. The first-order valence-electron chi connectivity index (χ1n) is 5.23. The lowest BCUT2D eigenvalue weighted by Gasteiger charge is -2.02. The van der Waals surface area contributed by atoms with Crippen molar-refractivity contribution in [3.05, 3.63) is 30.6 Å². The lowest BCUT2D eigenvalue weighted by molar-refractivity contribution is -0.116. The van der Waals surface area contributed by atoms with Crippen LogP contribution < -0.4 is 5.32 Å². The molecule has 2 rings (SSSR count). The standard InChI is InChI=1S/C11H15N3O/c1-2-11(15)12-6-8-14-7-5-10(13-14)9-3-4-9/h2,5,7,9H,1,3-4,6,8H2,(H,12,15). The largest absolute Gasteiger partial charge is 0.351 e. The van der Waals surface area contributed by atoms with Crippen LogP contribution in [0.15, 0.2) is 24.9 Å². The Kier molecular flexibility index (Phi) is 2.85. The van der Waals surface area contributed by atoms with Crippen LogP contribution in [0.1, 0.15) is 24.5 Å². The molecule has 0 atom stereocenters. The van der Waals surface area contributed by atoms with Gasteiger partial charge in [0.1, 0.15) is 0 Å². The highest BCUT2D eigenvalue weighted by atomic mass is 16.1. The van der Waals surface area contributed by atoms with Crippen LogP contribution in [0.5, 0.6) is 0 Å². The van der Waals surface area contributed by atoms with E-state index in [1.165, 1.54) is 24.6 Å². The molecule has 1 aliphatic carbocycles. The van der Waals surface area contributed by atoms with Gasteiger partial charge in [-0.25, -0.2) is 0 Å². The Balaban J connectivity index is 1.77. The van der Waals surface area contributed by atoms with Gasteiger partial charge in [-0.05, 0) is 25.0 Å². The second-order valence-electron chi connectivity index (χ2n) is 3.77. The number of amides is 1. The summed E-state index contributed by atoms with van der Waals surface area (Å²) in [6.45, 7) is 4.70. The molecule has 0 unspecified atom stereocenters. The molecule has 1 fully saturated rings. The van der Waals surface area contributed by atoms with E-state index < -0.39 is 0 Å². The van der Waals surface area contributed by atoms with E-state index in [2.05, 4.69) is 23.1 Å². The van der Waals surface area contributed by atoms with Crippen molar-refractivity contribution in [2.45, 2.75) is 25.3 Å². The van der Waals surface area contributed by atoms with Crippen molar-refractivity contribution in [3.8, 4) is 0 Å². The van der Waals surface area contributed by atoms with Gasteiger partial charge in [0.25, 0.3) is 0 Å². The summed E-state index contributed by atoms with van der Waals surface area (Å²) in [7, 11) is 0. The second kappa shape index (κ2) is 4.29. The quantitative estimate of drug-likeness (QED) is 0.731. The van der Waals surface area contributed by atoms with E-state index in [0.29, 0.717) is 19.0 Å². The molecule has 4 heteroatoms. The smallest absolute Gasteiger partial charge is 0.243 e. The first kappa shape index (κ1) is 9.96. The summed E-state index contributed by atoms with van der Waals surface area (Å²) in [6, 6.07) is 2.06. The summed E-state index contributed by atoms with van der Waals surface area (Å²) in [5.74, 6) is 0.554. The third-order valence-electron chi connectivity index (χ3n) is 2.48. The van der Waals surface area contributed by atoms with Gasteiger partial charge >= 0.3 is 0 Å². The molecule has 1 aromatic rings. The molecule has 1 heterocycles. The molecule has 0 bridgehead atoms. The fourth-order valence-electron chi connectivity index (χ4n) is 1.46. The summed E-state index contributed by atoms with van der Waals surface area (Å²) in [5.41, 5.74) is 1.19. The third kappa shape index (κ3) is 2.68. The van der Waals surface area contributed by atoms with E-state index in [1.54, 1.807) is 0 Å². The number of hydrogen-bond acceptors (Lipinski definition) is 2. The minimum atomic E-state index is -0.135. The number of hydrogen-bond donors (Lipinski definition) is 1. The molecule has 0 spiro atoms. The van der Waals surface area contributed by atoms with E-state index in [-0.39, 0.29) is 5.91 Å². The molecule has 15 heavy (non-hydrogen) atoms. The fourth-order valence-corrected chi connectivity index (χ4v) is 1.46. The van der Waals surface area contributed by atoms with E-state index in [1.807, 2.05) is 10.9 Å². The van der Waals surface area contributed by atoms with Gasteiger partial charge in [-0.3, -0.25) is 9.48 Å². The Morgan fingerprint density at radius 3 is 3.20 bits per heavy atom. The van der Waals surface area contributed by atoms with Gasteiger partial charge in [-0.1, -0.05) is 6.58 Å². The summed E-state index contributed by atoms with van der Waals surface area (Å²) >= 11 is 0. The van der Waals surface area contributed by atoms with Crippen molar-refractivity contribution in [2.75, 3.05) is 6.54 Å². The maximum atomic E-state index is 10.9. The van der Waals surface area contributed by atoms with Gasteiger partial charge in [-0.2, -0.15) is 5.10 Å². The van der Waals surface area contributed by atoms with Crippen LogP contribution >= 0.6 is 0 Å². The molecule has 80 valence electrons. The van der Waals surface area contributed by atoms with Crippen LogP contribution in [0.4, 0.5) is 0 Å². The van der Waals surface area contributed by atoms with Gasteiger partial charge in [0.05, 0.1) is 12.2 Å². The number of carbonyl (C=O) groups excluding carboxylic acids is 1. The average Bonchev–Trinajstić information content (AvgIpc) is 2.99. The summed E-state index contributed by atoms with van der Waals surface area (Å²) < 4.78 is 1.87. The lowest BCUT2D eigenvalue weighted by Crippen LogP contribution is -2.25. The molecule has 0 aromatic carbocycles. The first-order chi connectivity index (χ1) is 7.29. The Bertz CT molecular complexity index is 366. The number of rotatable bonds is 5. The Hall–Kier alpha value is -1.58. The first-order valence-corrected chi connectivity index (χ1v) is 5.23. The molecule has 1 N–H and O–H groups in total. The molecule has 1 aromatic heterocycles. The predicted octanol–water partition coefficient (Wildman–Crippen LogP) is 1.06. The lowest BCUT2D eigenvalue weighted by atomic mass is 10.3. The van der Waals surface area contributed by atoms with E-state index >= 15 is 0 Å². The molecule has 4 nitrogen and oxygen atoms in total. The summed E-state index contributed by atoms with van der Waals surface area (Å²) in [5, 5.41) is 7.15. The maximum Gasteiger partial charge on any atom is 0.243 e. The predicted molar refractivity (Wildman–Crippen MR) is 57.4 cm³/mol. The van der Waals surface area contributed by atoms with Crippen molar-refractivity contribution in [1.82, 2.24) is 15.1 Å². The van der Waals surface area contributed by atoms with E-state index in [4.69, 9.17) is 0 Å². The van der Waals surface area contributed by atoms with Crippen LogP contribution in [0.3, 0.4) is 0 Å². The van der Waals surface area contributed by atoms with Crippen LogP contribution in [-0.4, -0.2) is 22.2 Å². The zero-order chi connectivity index (χ0) is 10.7. The molecule has 0 radical (unpaired) electrons. The molecule has 0 aliphatic heterocycles. The normalized spacial score (nSPS) is 14.9. The number of nitrogens with zero attached hydrogens (tertiary/aromatic N) is 2. The van der Waals surface area contributed by atoms with Crippen molar-refractivity contribution < 1.29 is 4.79 Å². The van der Waals surface area contributed by atoms with Crippen LogP contribution in [0, 0.1) is 0 Å². The summed E-state index contributed by atoms with van der Waals surface area (Å²) in [6.07, 6.45) is 5.78. The van der Waals surface area contributed by atoms with Gasteiger partial charge in [0.15, 0.2) is 0 Å².